The van der Waals surface area contributed by atoms with Crippen LogP contribution in [0.4, 0.5) is 26.7 Å². The maximum Gasteiger partial charge on any atom is 0.326 e. The minimum Gasteiger partial charge on any atom is -0.308 e. The second-order valence-corrected chi connectivity index (χ2v) is 8.57. The van der Waals surface area contributed by atoms with Crippen molar-refractivity contribution in [1.29, 1.82) is 0 Å². The Morgan fingerprint density at radius 2 is 1.43 bits per heavy atom. The number of rotatable bonds is 8. The van der Waals surface area contributed by atoms with E-state index in [2.05, 4.69) is 22.9 Å². The number of nitrogens with zero attached hydrogens (tertiary/aromatic N) is 1. The summed E-state index contributed by atoms with van der Waals surface area (Å²) >= 11 is 12.0. The fourth-order valence-electron chi connectivity index (χ4n) is 3.29. The second kappa shape index (κ2) is 12.8. The summed E-state index contributed by atoms with van der Waals surface area (Å²) in [6, 6.07) is 19.2. The molecule has 0 radical (unpaired) electrons. The van der Waals surface area contributed by atoms with E-state index in [1.54, 1.807) is 59.5 Å². The van der Waals surface area contributed by atoms with Crippen LogP contribution in [0.2, 0.25) is 10.0 Å². The Kier molecular flexibility index (Phi) is 9.52. The molecule has 3 N–H and O–H groups in total. The molecule has 5 amide bonds. The van der Waals surface area contributed by atoms with Crippen molar-refractivity contribution in [3.63, 3.8) is 0 Å². The van der Waals surface area contributed by atoms with Gasteiger partial charge in [0.15, 0.2) is 0 Å². The monoisotopic (exact) mass is 512 g/mol. The van der Waals surface area contributed by atoms with E-state index in [9.17, 15) is 14.4 Å². The van der Waals surface area contributed by atoms with Gasteiger partial charge < -0.3 is 10.6 Å². The van der Waals surface area contributed by atoms with E-state index in [1.165, 1.54) is 6.07 Å². The van der Waals surface area contributed by atoms with Gasteiger partial charge >= 0.3 is 12.1 Å². The largest absolute Gasteiger partial charge is 0.326 e. The first kappa shape index (κ1) is 26.1. The molecule has 182 valence electrons. The van der Waals surface area contributed by atoms with Crippen molar-refractivity contribution in [1.82, 2.24) is 5.32 Å². The molecule has 0 bridgehead atoms. The summed E-state index contributed by atoms with van der Waals surface area (Å²) in [6.07, 6.45) is 2.93. The number of benzene rings is 3. The molecule has 0 aromatic heterocycles. The lowest BCUT2D eigenvalue weighted by Gasteiger charge is -2.23. The molecule has 0 saturated carbocycles. The van der Waals surface area contributed by atoms with Crippen LogP contribution in [-0.4, -0.2) is 24.5 Å². The Morgan fingerprint density at radius 3 is 2.06 bits per heavy atom. The van der Waals surface area contributed by atoms with E-state index in [1.807, 2.05) is 12.1 Å². The zero-order valence-electron chi connectivity index (χ0n) is 19.2. The number of urea groups is 2. The molecular weight excluding hydrogens is 487 g/mol. The first-order valence-corrected chi connectivity index (χ1v) is 11.9. The fraction of sp³-hybridized carbons (Fsp3) is 0.192. The van der Waals surface area contributed by atoms with E-state index in [-0.39, 0.29) is 16.6 Å². The number of imide groups is 1. The number of unbranched alkanes of at least 4 members (excludes halogenated alkanes) is 2. The summed E-state index contributed by atoms with van der Waals surface area (Å²) in [6.45, 7) is 2.68. The van der Waals surface area contributed by atoms with Gasteiger partial charge in [-0.3, -0.25) is 15.0 Å². The maximum atomic E-state index is 13.0. The zero-order valence-corrected chi connectivity index (χ0v) is 20.7. The number of amides is 5. The predicted octanol–water partition coefficient (Wildman–Crippen LogP) is 7.18. The van der Waals surface area contributed by atoms with E-state index in [4.69, 9.17) is 23.2 Å². The van der Waals surface area contributed by atoms with Crippen LogP contribution in [0, 0.1) is 0 Å². The van der Waals surface area contributed by atoms with Gasteiger partial charge in [-0.15, -0.1) is 0 Å². The minimum absolute atomic E-state index is 0.201. The average molecular weight is 513 g/mol. The normalized spacial score (nSPS) is 10.4. The van der Waals surface area contributed by atoms with Crippen molar-refractivity contribution in [2.45, 2.75) is 26.2 Å². The lowest BCUT2D eigenvalue weighted by atomic mass is 10.2. The Morgan fingerprint density at radius 1 is 0.800 bits per heavy atom. The van der Waals surface area contributed by atoms with E-state index < -0.39 is 11.9 Å². The predicted molar refractivity (Wildman–Crippen MR) is 142 cm³/mol. The number of carbonyl (C=O) groups is 3. The number of hydrogen-bond donors (Lipinski definition) is 3. The van der Waals surface area contributed by atoms with Gasteiger partial charge in [-0.2, -0.15) is 0 Å². The number of anilines is 3. The molecule has 0 spiro atoms. The van der Waals surface area contributed by atoms with Crippen molar-refractivity contribution in [2.75, 3.05) is 22.1 Å². The summed E-state index contributed by atoms with van der Waals surface area (Å²) in [5, 5.41) is 8.55. The van der Waals surface area contributed by atoms with Crippen LogP contribution in [0.25, 0.3) is 0 Å². The third kappa shape index (κ3) is 7.73. The number of carbonyl (C=O) groups excluding carboxylic acids is 3. The SMILES string of the molecule is CCCCCN(C(=O)Nc1ccc(NC(=O)NC(=O)c2ccccc2Cl)cc1)c1ccc(Cl)cc1. The first-order chi connectivity index (χ1) is 16.9. The van der Waals surface area contributed by atoms with Crippen molar-refractivity contribution in [3.05, 3.63) is 88.4 Å². The highest BCUT2D eigenvalue weighted by atomic mass is 35.5. The molecule has 35 heavy (non-hydrogen) atoms. The summed E-state index contributed by atoms with van der Waals surface area (Å²) < 4.78 is 0. The molecule has 3 rings (SSSR count). The highest BCUT2D eigenvalue weighted by Gasteiger charge is 2.16. The molecule has 0 saturated heterocycles. The van der Waals surface area contributed by atoms with Crippen LogP contribution in [0.5, 0.6) is 0 Å². The quantitative estimate of drug-likeness (QED) is 0.279. The Labute approximate surface area is 214 Å². The van der Waals surface area contributed by atoms with Gasteiger partial charge in [0.05, 0.1) is 10.6 Å². The molecule has 7 nitrogen and oxygen atoms in total. The van der Waals surface area contributed by atoms with Crippen LogP contribution in [-0.2, 0) is 0 Å². The topological polar surface area (TPSA) is 90.5 Å². The van der Waals surface area contributed by atoms with Crippen molar-refractivity contribution >= 4 is 58.2 Å². The summed E-state index contributed by atoms with van der Waals surface area (Å²) in [5.41, 5.74) is 1.96. The van der Waals surface area contributed by atoms with Gasteiger partial charge in [-0.25, -0.2) is 9.59 Å². The molecule has 0 fully saturated rings. The summed E-state index contributed by atoms with van der Waals surface area (Å²) in [7, 11) is 0. The van der Waals surface area contributed by atoms with Crippen molar-refractivity contribution in [2.24, 2.45) is 0 Å². The minimum atomic E-state index is -0.698. The van der Waals surface area contributed by atoms with Gasteiger partial charge in [0.25, 0.3) is 5.91 Å². The number of nitrogens with one attached hydrogen (secondary N) is 3. The van der Waals surface area contributed by atoms with E-state index in [0.29, 0.717) is 22.9 Å². The number of hydrogen-bond acceptors (Lipinski definition) is 3. The molecule has 3 aromatic carbocycles. The third-order valence-corrected chi connectivity index (χ3v) is 5.69. The number of halogens is 2. The van der Waals surface area contributed by atoms with Crippen molar-refractivity contribution in [3.8, 4) is 0 Å². The molecule has 9 heteroatoms. The van der Waals surface area contributed by atoms with Gasteiger partial charge in [0.2, 0.25) is 0 Å². The first-order valence-electron chi connectivity index (χ1n) is 11.2. The average Bonchev–Trinajstić information content (AvgIpc) is 2.84. The summed E-state index contributed by atoms with van der Waals surface area (Å²) in [4.78, 5) is 39.1. The van der Waals surface area contributed by atoms with E-state index >= 15 is 0 Å². The maximum absolute atomic E-state index is 13.0. The van der Waals surface area contributed by atoms with Gasteiger partial charge in [0.1, 0.15) is 0 Å². The standard InChI is InChI=1S/C26H26Cl2N4O3/c1-2-3-6-17-32(21-15-9-18(27)10-16-21)26(35)30-20-13-11-19(12-14-20)29-25(34)31-24(33)22-7-4-5-8-23(22)28/h4-5,7-16H,2-3,6,17H2,1H3,(H,30,35)(H2,29,31,33,34). The zero-order chi connectivity index (χ0) is 25.2. The molecular formula is C26H26Cl2N4O3. The highest BCUT2D eigenvalue weighted by molar-refractivity contribution is 6.34. The van der Waals surface area contributed by atoms with Crippen LogP contribution >= 0.6 is 23.2 Å². The lowest BCUT2D eigenvalue weighted by Crippen LogP contribution is -2.36. The summed E-state index contributed by atoms with van der Waals surface area (Å²) in [5.74, 6) is -0.609. The molecule has 0 aliphatic heterocycles. The smallest absolute Gasteiger partial charge is 0.308 e. The second-order valence-electron chi connectivity index (χ2n) is 7.73. The van der Waals surface area contributed by atoms with Gasteiger partial charge in [-0.05, 0) is 67.1 Å². The van der Waals surface area contributed by atoms with Crippen LogP contribution in [0.3, 0.4) is 0 Å². The molecule has 0 aliphatic rings. The molecule has 0 aliphatic carbocycles. The molecule has 0 unspecified atom stereocenters. The highest BCUT2D eigenvalue weighted by Crippen LogP contribution is 2.21. The van der Waals surface area contributed by atoms with Crippen LogP contribution in [0.1, 0.15) is 36.5 Å². The van der Waals surface area contributed by atoms with Gasteiger partial charge in [-0.1, -0.05) is 55.1 Å². The fourth-order valence-corrected chi connectivity index (χ4v) is 3.64. The van der Waals surface area contributed by atoms with Crippen molar-refractivity contribution < 1.29 is 14.4 Å². The molecule has 3 aromatic rings. The lowest BCUT2D eigenvalue weighted by molar-refractivity contribution is 0.0967. The Bertz CT molecular complexity index is 1170. The Balaban J connectivity index is 1.60. The third-order valence-electron chi connectivity index (χ3n) is 5.11. The van der Waals surface area contributed by atoms with E-state index in [0.717, 1.165) is 24.9 Å². The molecule has 0 heterocycles. The van der Waals surface area contributed by atoms with Crippen LogP contribution in [0.15, 0.2) is 72.8 Å². The van der Waals surface area contributed by atoms with Gasteiger partial charge in [0, 0.05) is 28.6 Å². The molecule has 0 atom stereocenters. The Hall–Kier alpha value is -3.55. The van der Waals surface area contributed by atoms with Crippen LogP contribution < -0.4 is 20.9 Å².